The molecule has 0 fully saturated rings. The van der Waals surface area contributed by atoms with Gasteiger partial charge in [-0.05, 0) is 35.9 Å². The van der Waals surface area contributed by atoms with E-state index in [0.29, 0.717) is 22.5 Å². The fourth-order valence-electron chi connectivity index (χ4n) is 1.57. The second kappa shape index (κ2) is 3.66. The van der Waals surface area contributed by atoms with Crippen molar-refractivity contribution in [1.82, 2.24) is 0 Å². The van der Waals surface area contributed by atoms with Gasteiger partial charge in [0.2, 0.25) is 0 Å². The molecule has 0 spiro atoms. The molecule has 82 valence electrons. The SMILES string of the molecule is Nc1ccc(N)c(-c2cc(O)cc(O)c2)c1. The number of hydrogen-bond donors (Lipinski definition) is 4. The predicted molar refractivity (Wildman–Crippen MR) is 64.0 cm³/mol. The zero-order valence-corrected chi connectivity index (χ0v) is 8.51. The van der Waals surface area contributed by atoms with Crippen molar-refractivity contribution in [2.45, 2.75) is 0 Å². The third-order valence-corrected chi connectivity index (χ3v) is 2.29. The van der Waals surface area contributed by atoms with E-state index < -0.39 is 0 Å². The third-order valence-electron chi connectivity index (χ3n) is 2.29. The second-order valence-corrected chi connectivity index (χ2v) is 3.58. The minimum absolute atomic E-state index is 0.0168. The Hall–Kier alpha value is -2.36. The lowest BCUT2D eigenvalue weighted by atomic mass is 10.0. The van der Waals surface area contributed by atoms with Gasteiger partial charge in [0.1, 0.15) is 11.5 Å². The van der Waals surface area contributed by atoms with Crippen LogP contribution in [0, 0.1) is 0 Å². The van der Waals surface area contributed by atoms with Gasteiger partial charge in [-0.1, -0.05) is 0 Å². The fraction of sp³-hybridized carbons (Fsp3) is 0. The summed E-state index contributed by atoms with van der Waals surface area (Å²) in [7, 11) is 0. The molecule has 0 amide bonds. The molecule has 2 rings (SSSR count). The second-order valence-electron chi connectivity index (χ2n) is 3.58. The van der Waals surface area contributed by atoms with E-state index in [0.717, 1.165) is 0 Å². The average Bonchev–Trinajstić information content (AvgIpc) is 2.20. The maximum absolute atomic E-state index is 9.38. The van der Waals surface area contributed by atoms with Crippen LogP contribution >= 0.6 is 0 Å². The summed E-state index contributed by atoms with van der Waals surface area (Å²) in [5, 5.41) is 18.8. The number of nitrogen functional groups attached to an aromatic ring is 2. The molecule has 4 nitrogen and oxygen atoms in total. The summed E-state index contributed by atoms with van der Waals surface area (Å²) in [6.07, 6.45) is 0. The van der Waals surface area contributed by atoms with Crippen molar-refractivity contribution in [1.29, 1.82) is 0 Å². The van der Waals surface area contributed by atoms with E-state index in [4.69, 9.17) is 11.5 Å². The first-order valence-electron chi connectivity index (χ1n) is 4.74. The van der Waals surface area contributed by atoms with Crippen LogP contribution in [-0.4, -0.2) is 10.2 Å². The molecule has 0 aromatic heterocycles. The van der Waals surface area contributed by atoms with Crippen molar-refractivity contribution in [3.05, 3.63) is 36.4 Å². The predicted octanol–water partition coefficient (Wildman–Crippen LogP) is 1.93. The van der Waals surface area contributed by atoms with E-state index in [-0.39, 0.29) is 11.5 Å². The largest absolute Gasteiger partial charge is 0.508 e. The number of aromatic hydroxyl groups is 2. The van der Waals surface area contributed by atoms with E-state index in [2.05, 4.69) is 0 Å². The zero-order valence-electron chi connectivity index (χ0n) is 8.51. The topological polar surface area (TPSA) is 92.5 Å². The van der Waals surface area contributed by atoms with Gasteiger partial charge in [0, 0.05) is 23.0 Å². The van der Waals surface area contributed by atoms with Gasteiger partial charge in [-0.25, -0.2) is 0 Å². The maximum Gasteiger partial charge on any atom is 0.119 e. The number of phenols is 2. The summed E-state index contributed by atoms with van der Waals surface area (Å²) in [5.74, 6) is -0.0337. The summed E-state index contributed by atoms with van der Waals surface area (Å²) < 4.78 is 0. The molecule has 0 heterocycles. The van der Waals surface area contributed by atoms with Crippen LogP contribution in [0.2, 0.25) is 0 Å². The Bertz CT molecular complexity index is 518. The number of hydrogen-bond acceptors (Lipinski definition) is 4. The Kier molecular flexibility index (Phi) is 2.32. The zero-order chi connectivity index (χ0) is 11.7. The lowest BCUT2D eigenvalue weighted by Crippen LogP contribution is -1.92. The Morgan fingerprint density at radius 2 is 1.44 bits per heavy atom. The molecule has 0 aliphatic carbocycles. The highest BCUT2D eigenvalue weighted by molar-refractivity contribution is 5.80. The van der Waals surface area contributed by atoms with Crippen LogP contribution in [0.25, 0.3) is 11.1 Å². The highest BCUT2D eigenvalue weighted by Gasteiger charge is 2.06. The molecule has 4 heteroatoms. The summed E-state index contributed by atoms with van der Waals surface area (Å²) in [4.78, 5) is 0. The molecule has 0 saturated heterocycles. The molecular formula is C12H12N2O2. The highest BCUT2D eigenvalue weighted by atomic mass is 16.3. The first kappa shape index (κ1) is 10.2. The van der Waals surface area contributed by atoms with Crippen molar-refractivity contribution >= 4 is 11.4 Å². The number of phenolic OH excluding ortho intramolecular Hbond substituents is 2. The van der Waals surface area contributed by atoms with Crippen LogP contribution < -0.4 is 11.5 Å². The van der Waals surface area contributed by atoms with Crippen LogP contribution in [0.5, 0.6) is 11.5 Å². The first-order valence-corrected chi connectivity index (χ1v) is 4.74. The van der Waals surface area contributed by atoms with Gasteiger partial charge in [-0.15, -0.1) is 0 Å². The molecule has 16 heavy (non-hydrogen) atoms. The highest BCUT2D eigenvalue weighted by Crippen LogP contribution is 2.32. The normalized spacial score (nSPS) is 10.2. The molecule has 2 aromatic rings. The number of rotatable bonds is 1. The van der Waals surface area contributed by atoms with Gasteiger partial charge >= 0.3 is 0 Å². The van der Waals surface area contributed by atoms with Crippen molar-refractivity contribution in [3.8, 4) is 22.6 Å². The molecule has 2 aromatic carbocycles. The molecule has 0 saturated carbocycles. The minimum Gasteiger partial charge on any atom is -0.508 e. The van der Waals surface area contributed by atoms with Crippen LogP contribution in [0.1, 0.15) is 0 Å². The Labute approximate surface area is 92.8 Å². The molecule has 0 aliphatic heterocycles. The van der Waals surface area contributed by atoms with Gasteiger partial charge in [-0.2, -0.15) is 0 Å². The Morgan fingerprint density at radius 3 is 2.06 bits per heavy atom. The first-order chi connectivity index (χ1) is 7.56. The standard InChI is InChI=1S/C12H12N2O2/c13-8-1-2-12(14)11(5-8)7-3-9(15)6-10(16)4-7/h1-6,15-16H,13-14H2. The van der Waals surface area contributed by atoms with Crippen molar-refractivity contribution < 1.29 is 10.2 Å². The molecule has 0 radical (unpaired) electrons. The van der Waals surface area contributed by atoms with Gasteiger partial charge in [-0.3, -0.25) is 0 Å². The lowest BCUT2D eigenvalue weighted by molar-refractivity contribution is 0.451. The van der Waals surface area contributed by atoms with Crippen LogP contribution in [0.4, 0.5) is 11.4 Å². The van der Waals surface area contributed by atoms with Gasteiger partial charge in [0.15, 0.2) is 0 Å². The molecule has 0 bridgehead atoms. The van der Waals surface area contributed by atoms with E-state index in [1.54, 1.807) is 18.2 Å². The Balaban J connectivity index is 2.62. The van der Waals surface area contributed by atoms with E-state index >= 15 is 0 Å². The van der Waals surface area contributed by atoms with Gasteiger partial charge in [0.25, 0.3) is 0 Å². The maximum atomic E-state index is 9.38. The number of benzene rings is 2. The molecule has 6 N–H and O–H groups in total. The van der Waals surface area contributed by atoms with Crippen molar-refractivity contribution in [2.24, 2.45) is 0 Å². The minimum atomic E-state index is -0.0168. The van der Waals surface area contributed by atoms with E-state index in [1.807, 2.05) is 0 Å². The summed E-state index contributed by atoms with van der Waals surface area (Å²) in [6, 6.07) is 9.37. The number of nitrogens with two attached hydrogens (primary N) is 2. The summed E-state index contributed by atoms with van der Waals surface area (Å²) in [5.41, 5.74) is 13.9. The van der Waals surface area contributed by atoms with Crippen LogP contribution in [-0.2, 0) is 0 Å². The quantitative estimate of drug-likeness (QED) is 0.548. The lowest BCUT2D eigenvalue weighted by Gasteiger charge is -2.08. The molecular weight excluding hydrogens is 204 g/mol. The van der Waals surface area contributed by atoms with Crippen LogP contribution in [0.15, 0.2) is 36.4 Å². The number of anilines is 2. The van der Waals surface area contributed by atoms with E-state index in [9.17, 15) is 10.2 Å². The summed E-state index contributed by atoms with van der Waals surface area (Å²) in [6.45, 7) is 0. The molecule has 0 atom stereocenters. The Morgan fingerprint density at radius 1 is 0.812 bits per heavy atom. The van der Waals surface area contributed by atoms with E-state index in [1.165, 1.54) is 18.2 Å². The van der Waals surface area contributed by atoms with Crippen molar-refractivity contribution in [2.75, 3.05) is 11.5 Å². The van der Waals surface area contributed by atoms with Gasteiger partial charge in [0.05, 0.1) is 0 Å². The summed E-state index contributed by atoms with van der Waals surface area (Å²) >= 11 is 0. The fourth-order valence-corrected chi connectivity index (χ4v) is 1.57. The third kappa shape index (κ3) is 1.86. The van der Waals surface area contributed by atoms with Gasteiger partial charge < -0.3 is 21.7 Å². The van der Waals surface area contributed by atoms with Crippen molar-refractivity contribution in [3.63, 3.8) is 0 Å². The molecule has 0 unspecified atom stereocenters. The molecule has 0 aliphatic rings. The average molecular weight is 216 g/mol. The smallest absolute Gasteiger partial charge is 0.119 e. The monoisotopic (exact) mass is 216 g/mol. The van der Waals surface area contributed by atoms with Crippen LogP contribution in [0.3, 0.4) is 0 Å².